The summed E-state index contributed by atoms with van der Waals surface area (Å²) in [7, 11) is 0. The van der Waals surface area contributed by atoms with Crippen molar-refractivity contribution in [1.29, 1.82) is 0 Å². The van der Waals surface area contributed by atoms with Crippen molar-refractivity contribution in [2.75, 3.05) is 50.7 Å². The van der Waals surface area contributed by atoms with Gasteiger partial charge in [0.1, 0.15) is 23.6 Å². The van der Waals surface area contributed by atoms with E-state index in [1.807, 2.05) is 27.7 Å². The molecule has 0 aliphatic carbocycles. The van der Waals surface area contributed by atoms with Crippen LogP contribution in [0.4, 0.5) is 14.6 Å². The second kappa shape index (κ2) is 11.6. The van der Waals surface area contributed by atoms with Crippen molar-refractivity contribution in [3.05, 3.63) is 42.1 Å². The lowest BCUT2D eigenvalue weighted by Crippen LogP contribution is -2.61. The number of nitrogens with zero attached hydrogens (tertiary/aromatic N) is 5. The Hall–Kier alpha value is -2.85. The van der Waals surface area contributed by atoms with Crippen LogP contribution in [-0.2, 0) is 0 Å². The van der Waals surface area contributed by atoms with Gasteiger partial charge in [-0.3, -0.25) is 4.79 Å². The van der Waals surface area contributed by atoms with E-state index in [1.165, 1.54) is 24.5 Å². The summed E-state index contributed by atoms with van der Waals surface area (Å²) in [6.07, 6.45) is 6.31. The van der Waals surface area contributed by atoms with Crippen LogP contribution >= 0.6 is 0 Å². The number of aromatic nitrogens is 2. The van der Waals surface area contributed by atoms with Crippen LogP contribution in [0.2, 0.25) is 0 Å². The van der Waals surface area contributed by atoms with E-state index in [2.05, 4.69) is 25.1 Å². The molecule has 1 amide bonds. The maximum atomic E-state index is 15.2. The average Bonchev–Trinajstić information content (AvgIpc) is 2.89. The molecular formula is C30H42F2N6O2. The Bertz CT molecular complexity index is 1180. The molecule has 1 aromatic carbocycles. The van der Waals surface area contributed by atoms with E-state index in [4.69, 9.17) is 4.74 Å². The molecule has 5 rings (SSSR count). The normalized spacial score (nSPS) is 20.6. The molecule has 40 heavy (non-hydrogen) atoms. The molecule has 0 bridgehead atoms. The molecule has 1 N–H and O–H groups in total. The third-order valence-corrected chi connectivity index (χ3v) is 8.67. The Balaban J connectivity index is 1.26. The van der Waals surface area contributed by atoms with Crippen LogP contribution in [0.5, 0.6) is 11.5 Å². The van der Waals surface area contributed by atoms with Crippen molar-refractivity contribution in [2.45, 2.75) is 71.1 Å². The predicted octanol–water partition coefficient (Wildman–Crippen LogP) is 4.66. The van der Waals surface area contributed by atoms with E-state index >= 15 is 4.39 Å². The number of amides is 1. The van der Waals surface area contributed by atoms with Crippen LogP contribution in [0.25, 0.3) is 0 Å². The first-order valence-electron chi connectivity index (χ1n) is 14.6. The van der Waals surface area contributed by atoms with Crippen molar-refractivity contribution in [2.24, 2.45) is 5.41 Å². The second-order valence-corrected chi connectivity index (χ2v) is 12.4. The number of piperidine rings is 2. The zero-order chi connectivity index (χ0) is 28.5. The van der Waals surface area contributed by atoms with Crippen LogP contribution < -0.4 is 15.0 Å². The lowest BCUT2D eigenvalue weighted by Gasteiger charge is -2.55. The van der Waals surface area contributed by atoms with Gasteiger partial charge < -0.3 is 24.8 Å². The largest absolute Gasteiger partial charge is 0.451 e. The van der Waals surface area contributed by atoms with Gasteiger partial charge in [0.25, 0.3) is 5.91 Å². The third kappa shape index (κ3) is 6.07. The van der Waals surface area contributed by atoms with Crippen LogP contribution in [0, 0.1) is 11.2 Å². The molecule has 218 valence electrons. The summed E-state index contributed by atoms with van der Waals surface area (Å²) >= 11 is 0. The van der Waals surface area contributed by atoms with Gasteiger partial charge in [0.2, 0.25) is 0 Å². The quantitative estimate of drug-likeness (QED) is 0.507. The van der Waals surface area contributed by atoms with Crippen molar-refractivity contribution in [1.82, 2.24) is 25.1 Å². The van der Waals surface area contributed by atoms with Gasteiger partial charge in [0.05, 0.1) is 11.8 Å². The average molecular weight is 557 g/mol. The van der Waals surface area contributed by atoms with E-state index in [9.17, 15) is 9.18 Å². The third-order valence-electron chi connectivity index (χ3n) is 8.67. The number of rotatable bonds is 8. The van der Waals surface area contributed by atoms with Gasteiger partial charge in [0.15, 0.2) is 11.6 Å². The summed E-state index contributed by atoms with van der Waals surface area (Å²) < 4.78 is 35.7. The summed E-state index contributed by atoms with van der Waals surface area (Å²) in [6.45, 7) is 13.3. The Morgan fingerprint density at radius 3 is 2.40 bits per heavy atom. The standard InChI is InChI=1S/C30H42F2N6O2/c1-21(2)38(22(3)4)28(39)24-15-23(31)5-6-25(24)40-26-16-34-20-35-27(26)37-17-29(18-37)9-13-36(14-10-29)19-30(32)7-11-33-12-8-30/h5-6,15-16,20-22,33H,7-14,17-19H2,1-4H3. The number of alkyl halides is 1. The molecule has 1 aromatic heterocycles. The minimum absolute atomic E-state index is 0.0574. The first-order valence-corrected chi connectivity index (χ1v) is 14.6. The minimum atomic E-state index is -1.07. The summed E-state index contributed by atoms with van der Waals surface area (Å²) in [5.74, 6) is 0.583. The fourth-order valence-corrected chi connectivity index (χ4v) is 6.55. The molecule has 3 fully saturated rings. The molecule has 0 unspecified atom stereocenters. The van der Waals surface area contributed by atoms with Gasteiger partial charge in [-0.1, -0.05) is 0 Å². The number of likely N-dealkylation sites (tertiary alicyclic amines) is 1. The molecule has 0 radical (unpaired) electrons. The minimum Gasteiger partial charge on any atom is -0.451 e. The lowest BCUT2D eigenvalue weighted by molar-refractivity contribution is 0.0174. The zero-order valence-corrected chi connectivity index (χ0v) is 24.1. The van der Waals surface area contributed by atoms with Crippen LogP contribution in [0.3, 0.4) is 0 Å². The number of hydrogen-bond donors (Lipinski definition) is 1. The molecule has 10 heteroatoms. The monoisotopic (exact) mass is 556 g/mol. The molecule has 3 saturated heterocycles. The highest BCUT2D eigenvalue weighted by Gasteiger charge is 2.47. The smallest absolute Gasteiger partial charge is 0.258 e. The zero-order valence-electron chi connectivity index (χ0n) is 24.1. The molecule has 2 aromatic rings. The van der Waals surface area contributed by atoms with Gasteiger partial charge in [-0.2, -0.15) is 0 Å². The van der Waals surface area contributed by atoms with E-state index in [0.29, 0.717) is 31.0 Å². The number of halogens is 2. The van der Waals surface area contributed by atoms with E-state index in [1.54, 1.807) is 11.1 Å². The SMILES string of the molecule is CC(C)N(C(=O)c1cc(F)ccc1Oc1cncnc1N1CC2(CCN(CC3(F)CCNCC3)CC2)C1)C(C)C. The van der Waals surface area contributed by atoms with Gasteiger partial charge in [0, 0.05) is 37.1 Å². The highest BCUT2D eigenvalue weighted by atomic mass is 19.1. The van der Waals surface area contributed by atoms with Gasteiger partial charge in [-0.15, -0.1) is 0 Å². The molecule has 3 aliphatic rings. The molecular weight excluding hydrogens is 514 g/mol. The first kappa shape index (κ1) is 28.7. The first-order chi connectivity index (χ1) is 19.1. The van der Waals surface area contributed by atoms with Crippen LogP contribution in [-0.4, -0.2) is 89.2 Å². The van der Waals surface area contributed by atoms with Gasteiger partial charge in [-0.25, -0.2) is 18.7 Å². The maximum absolute atomic E-state index is 15.2. The Kier molecular flexibility index (Phi) is 8.29. The fraction of sp³-hybridized carbons (Fsp3) is 0.633. The lowest BCUT2D eigenvalue weighted by atomic mass is 9.71. The number of hydrogen-bond acceptors (Lipinski definition) is 7. The number of carbonyl (C=O) groups is 1. The highest BCUT2D eigenvalue weighted by molar-refractivity contribution is 5.97. The van der Waals surface area contributed by atoms with Crippen molar-refractivity contribution >= 4 is 11.7 Å². The molecule has 3 aliphatic heterocycles. The van der Waals surface area contributed by atoms with Crippen LogP contribution in [0.15, 0.2) is 30.7 Å². The summed E-state index contributed by atoms with van der Waals surface area (Å²) in [4.78, 5) is 28.3. The van der Waals surface area contributed by atoms with Crippen molar-refractivity contribution in [3.63, 3.8) is 0 Å². The predicted molar refractivity (Wildman–Crippen MR) is 151 cm³/mol. The summed E-state index contributed by atoms with van der Waals surface area (Å²) in [5, 5.41) is 3.25. The summed E-state index contributed by atoms with van der Waals surface area (Å²) in [5.41, 5.74) is -0.720. The van der Waals surface area contributed by atoms with E-state index in [-0.39, 0.29) is 34.7 Å². The number of anilines is 1. The molecule has 0 atom stereocenters. The van der Waals surface area contributed by atoms with Crippen molar-refractivity contribution < 1.29 is 18.3 Å². The molecule has 8 nitrogen and oxygen atoms in total. The Morgan fingerprint density at radius 2 is 1.75 bits per heavy atom. The molecule has 1 spiro atoms. The van der Waals surface area contributed by atoms with Crippen LogP contribution in [0.1, 0.15) is 63.7 Å². The highest BCUT2D eigenvalue weighted by Crippen LogP contribution is 2.45. The number of carbonyl (C=O) groups excluding carboxylic acids is 1. The topological polar surface area (TPSA) is 73.8 Å². The number of ether oxygens (including phenoxy) is 1. The van der Waals surface area contributed by atoms with E-state index < -0.39 is 11.5 Å². The number of benzene rings is 1. The van der Waals surface area contributed by atoms with Gasteiger partial charge >= 0.3 is 0 Å². The number of nitrogens with one attached hydrogen (secondary N) is 1. The Morgan fingerprint density at radius 1 is 1.07 bits per heavy atom. The van der Waals surface area contributed by atoms with Gasteiger partial charge in [-0.05, 0) is 97.8 Å². The van der Waals surface area contributed by atoms with Crippen molar-refractivity contribution in [3.8, 4) is 11.5 Å². The maximum Gasteiger partial charge on any atom is 0.258 e. The Labute approximate surface area is 236 Å². The van der Waals surface area contributed by atoms with E-state index in [0.717, 1.165) is 52.1 Å². The molecule has 4 heterocycles. The molecule has 0 saturated carbocycles. The second-order valence-electron chi connectivity index (χ2n) is 12.4. The fourth-order valence-electron chi connectivity index (χ4n) is 6.55. The summed E-state index contributed by atoms with van der Waals surface area (Å²) in [6, 6.07) is 3.90.